The molecule has 4 aromatic rings. The van der Waals surface area contributed by atoms with Crippen molar-refractivity contribution in [2.45, 2.75) is 25.8 Å². The van der Waals surface area contributed by atoms with Crippen LogP contribution in [0.25, 0.3) is 16.8 Å². The van der Waals surface area contributed by atoms with Gasteiger partial charge in [0.15, 0.2) is 5.82 Å². The zero-order valence-corrected chi connectivity index (χ0v) is 19.8. The molecule has 5 rings (SSSR count). The first kappa shape index (κ1) is 22.8. The molecule has 0 saturated carbocycles. The summed E-state index contributed by atoms with van der Waals surface area (Å²) in [6.07, 6.45) is 5.08. The van der Waals surface area contributed by atoms with E-state index in [9.17, 15) is 9.18 Å². The Morgan fingerprint density at radius 2 is 1.91 bits per heavy atom. The first-order chi connectivity index (χ1) is 17.0. The number of hydrogen-bond donors (Lipinski definition) is 1. The Kier molecular flexibility index (Phi) is 6.35. The predicted octanol–water partition coefficient (Wildman–Crippen LogP) is 4.64. The lowest BCUT2D eigenvalue weighted by Gasteiger charge is -2.32. The van der Waals surface area contributed by atoms with Gasteiger partial charge in [-0.3, -0.25) is 4.79 Å². The molecule has 0 spiro atoms. The monoisotopic (exact) mass is 473 g/mol. The third kappa shape index (κ3) is 4.82. The Balaban J connectivity index is 1.27. The second-order valence-electron chi connectivity index (χ2n) is 8.89. The van der Waals surface area contributed by atoms with Crippen LogP contribution in [0.3, 0.4) is 0 Å². The van der Waals surface area contributed by atoms with Gasteiger partial charge in [0.25, 0.3) is 0 Å². The lowest BCUT2D eigenvalue weighted by molar-refractivity contribution is -0.126. The molecule has 1 aliphatic heterocycles. The van der Waals surface area contributed by atoms with Crippen LogP contribution in [0.4, 0.5) is 10.2 Å². The minimum absolute atomic E-state index is 0.0392. The van der Waals surface area contributed by atoms with E-state index < -0.39 is 0 Å². The lowest BCUT2D eigenvalue weighted by atomic mass is 9.95. The number of carbonyl (C=O) groups is 1. The summed E-state index contributed by atoms with van der Waals surface area (Å²) in [5.74, 6) is 1.35. The Morgan fingerprint density at radius 3 is 2.66 bits per heavy atom. The smallest absolute Gasteiger partial charge is 0.223 e. The van der Waals surface area contributed by atoms with Gasteiger partial charge in [0, 0.05) is 37.0 Å². The van der Waals surface area contributed by atoms with Crippen LogP contribution >= 0.6 is 0 Å². The molecule has 7 nitrogen and oxygen atoms in total. The summed E-state index contributed by atoms with van der Waals surface area (Å²) in [7, 11) is 1.65. The summed E-state index contributed by atoms with van der Waals surface area (Å²) in [5.41, 5.74) is 3.64. The number of nitrogens with one attached hydrogen (secondary N) is 1. The van der Waals surface area contributed by atoms with E-state index in [1.165, 1.54) is 12.1 Å². The van der Waals surface area contributed by atoms with Crippen molar-refractivity contribution in [2.24, 2.45) is 5.92 Å². The van der Waals surface area contributed by atoms with Crippen LogP contribution < -0.4 is 15.0 Å². The van der Waals surface area contributed by atoms with Crippen molar-refractivity contribution in [1.82, 2.24) is 19.9 Å². The van der Waals surface area contributed by atoms with E-state index in [1.807, 2.05) is 48.0 Å². The van der Waals surface area contributed by atoms with Gasteiger partial charge in [-0.15, -0.1) is 0 Å². The molecule has 0 unspecified atom stereocenters. The van der Waals surface area contributed by atoms with E-state index >= 15 is 0 Å². The summed E-state index contributed by atoms with van der Waals surface area (Å²) >= 11 is 0. The number of hydrogen-bond acceptors (Lipinski definition) is 5. The molecule has 1 atom stereocenters. The quantitative estimate of drug-likeness (QED) is 0.442. The van der Waals surface area contributed by atoms with Crippen LogP contribution in [0.2, 0.25) is 0 Å². The number of amides is 1. The van der Waals surface area contributed by atoms with Gasteiger partial charge in [-0.2, -0.15) is 5.10 Å². The maximum absolute atomic E-state index is 13.2. The fraction of sp³-hybridized carbons (Fsp3) is 0.296. The number of piperidine rings is 1. The van der Waals surface area contributed by atoms with Crippen molar-refractivity contribution in [3.8, 4) is 17.0 Å². The van der Waals surface area contributed by atoms with Crippen LogP contribution in [0.15, 0.2) is 67.0 Å². The predicted molar refractivity (Wildman–Crippen MR) is 133 cm³/mol. The number of carbonyl (C=O) groups excluding carboxylic acids is 1. The van der Waals surface area contributed by atoms with E-state index in [2.05, 4.69) is 15.2 Å². The molecule has 35 heavy (non-hydrogen) atoms. The average Bonchev–Trinajstić information content (AvgIpc) is 3.34. The number of methoxy groups -OCH3 is 1. The molecule has 2 aromatic carbocycles. The molecule has 180 valence electrons. The fourth-order valence-electron chi connectivity index (χ4n) is 4.59. The molecule has 0 bridgehead atoms. The lowest BCUT2D eigenvalue weighted by Crippen LogP contribution is -2.41. The maximum atomic E-state index is 13.2. The normalized spacial score (nSPS) is 15.2. The molecule has 1 aliphatic rings. The van der Waals surface area contributed by atoms with Gasteiger partial charge >= 0.3 is 0 Å². The summed E-state index contributed by atoms with van der Waals surface area (Å²) in [6.45, 7) is 3.38. The van der Waals surface area contributed by atoms with E-state index in [4.69, 9.17) is 9.84 Å². The number of nitrogens with zero attached hydrogens (tertiary/aromatic N) is 4. The number of benzene rings is 2. The molecule has 0 aliphatic carbocycles. The SMILES string of the molecule is COc1cccc(-c2cc3c(N4CCC(C(=O)N[C@H](C)c5ccc(F)cc5)CC4)nccn3n2)c1. The molecule has 3 heterocycles. The molecule has 2 aromatic heterocycles. The standard InChI is InChI=1S/C27H28FN5O2/c1-18(19-6-8-22(28)9-7-19)30-27(34)20-10-13-32(14-11-20)26-25-17-24(31-33(25)15-12-29-26)21-4-3-5-23(16-21)35-2/h3-9,12,15-18,20H,10-11,13-14H2,1-2H3,(H,30,34)/t18-/m1/s1. The molecule has 0 radical (unpaired) electrons. The zero-order valence-electron chi connectivity index (χ0n) is 19.8. The molecular formula is C27H28FN5O2. The fourth-order valence-corrected chi connectivity index (χ4v) is 4.59. The zero-order chi connectivity index (χ0) is 24.4. The first-order valence-corrected chi connectivity index (χ1v) is 11.8. The van der Waals surface area contributed by atoms with Gasteiger partial charge in [0.05, 0.1) is 18.8 Å². The Labute approximate surface area is 203 Å². The summed E-state index contributed by atoms with van der Waals surface area (Å²) in [6, 6.07) is 16.0. The van der Waals surface area contributed by atoms with Gasteiger partial charge in [-0.25, -0.2) is 13.9 Å². The third-order valence-electron chi connectivity index (χ3n) is 6.63. The van der Waals surface area contributed by atoms with Gasteiger partial charge in [0.1, 0.15) is 17.1 Å². The minimum Gasteiger partial charge on any atom is -0.497 e. The summed E-state index contributed by atoms with van der Waals surface area (Å²) in [5, 5.41) is 7.81. The second kappa shape index (κ2) is 9.74. The maximum Gasteiger partial charge on any atom is 0.223 e. The summed E-state index contributed by atoms with van der Waals surface area (Å²) in [4.78, 5) is 19.7. The number of anilines is 1. The highest BCUT2D eigenvalue weighted by molar-refractivity contribution is 5.80. The number of fused-ring (bicyclic) bond motifs is 1. The molecular weight excluding hydrogens is 445 g/mol. The topological polar surface area (TPSA) is 71.8 Å². The Bertz CT molecular complexity index is 1330. The van der Waals surface area contributed by atoms with Gasteiger partial charge in [-0.1, -0.05) is 24.3 Å². The van der Waals surface area contributed by atoms with Crippen LogP contribution in [-0.4, -0.2) is 40.7 Å². The number of rotatable bonds is 6. The Morgan fingerprint density at radius 1 is 1.14 bits per heavy atom. The van der Waals surface area contributed by atoms with E-state index in [1.54, 1.807) is 25.4 Å². The van der Waals surface area contributed by atoms with Crippen LogP contribution in [-0.2, 0) is 4.79 Å². The van der Waals surface area contributed by atoms with Crippen molar-refractivity contribution >= 4 is 17.2 Å². The third-order valence-corrected chi connectivity index (χ3v) is 6.63. The van der Waals surface area contributed by atoms with Crippen molar-refractivity contribution in [1.29, 1.82) is 0 Å². The molecule has 1 fully saturated rings. The van der Waals surface area contributed by atoms with E-state index in [0.29, 0.717) is 0 Å². The van der Waals surface area contributed by atoms with Crippen LogP contribution in [0.5, 0.6) is 5.75 Å². The largest absolute Gasteiger partial charge is 0.497 e. The number of ether oxygens (including phenoxy) is 1. The molecule has 1 N–H and O–H groups in total. The number of halogens is 1. The highest BCUT2D eigenvalue weighted by Crippen LogP contribution is 2.29. The minimum atomic E-state index is -0.280. The van der Waals surface area contributed by atoms with Gasteiger partial charge in [-0.05, 0) is 55.7 Å². The number of aromatic nitrogens is 3. The highest BCUT2D eigenvalue weighted by atomic mass is 19.1. The van der Waals surface area contributed by atoms with Gasteiger partial charge < -0.3 is 15.0 Å². The van der Waals surface area contributed by atoms with Crippen LogP contribution in [0, 0.1) is 11.7 Å². The van der Waals surface area contributed by atoms with E-state index in [-0.39, 0.29) is 23.7 Å². The van der Waals surface area contributed by atoms with Crippen LogP contribution in [0.1, 0.15) is 31.4 Å². The van der Waals surface area contributed by atoms with Crippen molar-refractivity contribution in [3.63, 3.8) is 0 Å². The van der Waals surface area contributed by atoms with Crippen molar-refractivity contribution < 1.29 is 13.9 Å². The average molecular weight is 474 g/mol. The first-order valence-electron chi connectivity index (χ1n) is 11.8. The molecule has 8 heteroatoms. The van der Waals surface area contributed by atoms with Crippen molar-refractivity contribution in [2.75, 3.05) is 25.1 Å². The molecule has 1 amide bonds. The van der Waals surface area contributed by atoms with E-state index in [0.717, 1.165) is 59.8 Å². The summed E-state index contributed by atoms with van der Waals surface area (Å²) < 4.78 is 20.4. The van der Waals surface area contributed by atoms with Gasteiger partial charge in [0.2, 0.25) is 5.91 Å². The van der Waals surface area contributed by atoms with Crippen molar-refractivity contribution in [3.05, 3.63) is 78.4 Å². The Hall–Kier alpha value is -3.94. The second-order valence-corrected chi connectivity index (χ2v) is 8.89. The molecule has 1 saturated heterocycles. The highest BCUT2D eigenvalue weighted by Gasteiger charge is 2.27.